The zero-order chi connectivity index (χ0) is 10.3. The molecule has 0 heterocycles. The van der Waals surface area contributed by atoms with Crippen LogP contribution in [0.25, 0.3) is 0 Å². The van der Waals surface area contributed by atoms with Crippen molar-refractivity contribution in [2.75, 3.05) is 11.1 Å². The van der Waals surface area contributed by atoms with Gasteiger partial charge in [-0.1, -0.05) is 11.6 Å². The first kappa shape index (κ1) is 9.59. The van der Waals surface area contributed by atoms with Crippen molar-refractivity contribution in [3.8, 4) is 0 Å². The molecule has 2 rings (SSSR count). The number of halogens is 2. The van der Waals surface area contributed by atoms with Crippen LogP contribution in [0.4, 0.5) is 15.8 Å². The van der Waals surface area contributed by atoms with Gasteiger partial charge in [0.25, 0.3) is 0 Å². The van der Waals surface area contributed by atoms with Crippen LogP contribution in [0.2, 0.25) is 5.02 Å². The molecule has 1 aromatic rings. The van der Waals surface area contributed by atoms with Gasteiger partial charge in [-0.05, 0) is 31.4 Å². The fourth-order valence-electron chi connectivity index (χ4n) is 1.33. The normalized spacial score (nSPS) is 15.6. The van der Waals surface area contributed by atoms with Crippen LogP contribution in [0.1, 0.15) is 18.4 Å². The Morgan fingerprint density at radius 3 is 2.79 bits per heavy atom. The van der Waals surface area contributed by atoms with E-state index in [1.165, 1.54) is 0 Å². The molecule has 1 saturated carbocycles. The van der Waals surface area contributed by atoms with Crippen molar-refractivity contribution < 1.29 is 4.39 Å². The molecule has 0 unspecified atom stereocenters. The predicted molar refractivity (Wildman–Crippen MR) is 57.2 cm³/mol. The molecule has 1 aliphatic rings. The lowest BCUT2D eigenvalue weighted by Crippen LogP contribution is -2.05. The molecule has 4 heteroatoms. The zero-order valence-electron chi connectivity index (χ0n) is 7.90. The summed E-state index contributed by atoms with van der Waals surface area (Å²) in [5, 5.41) is 3.38. The van der Waals surface area contributed by atoms with E-state index < -0.39 is 5.82 Å². The summed E-state index contributed by atoms with van der Waals surface area (Å²) in [6, 6.07) is 2.11. The van der Waals surface area contributed by atoms with E-state index in [-0.39, 0.29) is 10.7 Å². The first-order chi connectivity index (χ1) is 6.59. The fourth-order valence-corrected chi connectivity index (χ4v) is 1.55. The second kappa shape index (κ2) is 3.31. The molecule has 0 aliphatic heterocycles. The third-order valence-electron chi connectivity index (χ3n) is 2.42. The molecule has 0 radical (unpaired) electrons. The highest BCUT2D eigenvalue weighted by atomic mass is 35.5. The van der Waals surface area contributed by atoms with Crippen LogP contribution in [0.15, 0.2) is 6.07 Å². The van der Waals surface area contributed by atoms with E-state index in [0.29, 0.717) is 6.04 Å². The maximum Gasteiger partial charge on any atom is 0.165 e. The highest BCUT2D eigenvalue weighted by molar-refractivity contribution is 6.32. The molecule has 1 aromatic carbocycles. The average molecular weight is 215 g/mol. The highest BCUT2D eigenvalue weighted by Crippen LogP contribution is 2.34. The van der Waals surface area contributed by atoms with Crippen LogP contribution in [-0.2, 0) is 0 Å². The third kappa shape index (κ3) is 1.64. The minimum atomic E-state index is -0.523. The number of benzene rings is 1. The Bertz CT molecular complexity index is 375. The minimum absolute atomic E-state index is 0.101. The van der Waals surface area contributed by atoms with Gasteiger partial charge in [0.15, 0.2) is 5.82 Å². The summed E-state index contributed by atoms with van der Waals surface area (Å²) in [5.41, 5.74) is 7.16. The number of hydrogen-bond donors (Lipinski definition) is 2. The Morgan fingerprint density at radius 2 is 2.21 bits per heavy atom. The maximum absolute atomic E-state index is 13.2. The summed E-state index contributed by atoms with van der Waals surface area (Å²) in [7, 11) is 0. The molecule has 0 spiro atoms. The van der Waals surface area contributed by atoms with Crippen molar-refractivity contribution in [2.45, 2.75) is 25.8 Å². The Balaban J connectivity index is 2.38. The summed E-state index contributed by atoms with van der Waals surface area (Å²) >= 11 is 5.80. The van der Waals surface area contributed by atoms with Crippen molar-refractivity contribution in [1.29, 1.82) is 0 Å². The molecule has 1 fully saturated rings. The molecule has 2 nitrogen and oxygen atoms in total. The molecule has 0 amide bonds. The van der Waals surface area contributed by atoms with Crippen molar-refractivity contribution in [3.63, 3.8) is 0 Å². The second-order valence-electron chi connectivity index (χ2n) is 3.68. The van der Waals surface area contributed by atoms with Crippen molar-refractivity contribution in [3.05, 3.63) is 22.5 Å². The molecular weight excluding hydrogens is 203 g/mol. The van der Waals surface area contributed by atoms with Crippen molar-refractivity contribution in [1.82, 2.24) is 0 Å². The lowest BCUT2D eigenvalue weighted by Gasteiger charge is -2.12. The molecule has 1 aliphatic carbocycles. The van der Waals surface area contributed by atoms with Crippen LogP contribution in [0, 0.1) is 12.7 Å². The maximum atomic E-state index is 13.2. The molecule has 0 bridgehead atoms. The molecule has 0 saturated heterocycles. The van der Waals surface area contributed by atoms with E-state index in [1.807, 2.05) is 0 Å². The largest absolute Gasteiger partial charge is 0.396 e. The van der Waals surface area contributed by atoms with Gasteiger partial charge in [0.1, 0.15) is 0 Å². The molecule has 76 valence electrons. The number of hydrogen-bond acceptors (Lipinski definition) is 2. The van der Waals surface area contributed by atoms with Gasteiger partial charge in [-0.3, -0.25) is 0 Å². The molecule has 3 N–H and O–H groups in total. The van der Waals surface area contributed by atoms with E-state index in [9.17, 15) is 4.39 Å². The predicted octanol–water partition coefficient (Wildman–Crippen LogP) is 2.94. The van der Waals surface area contributed by atoms with Crippen molar-refractivity contribution in [2.24, 2.45) is 0 Å². The smallest absolute Gasteiger partial charge is 0.165 e. The Hall–Kier alpha value is -0.960. The number of rotatable bonds is 2. The summed E-state index contributed by atoms with van der Waals surface area (Å²) in [6.07, 6.45) is 2.32. The Labute approximate surface area is 87.2 Å². The average Bonchev–Trinajstić information content (AvgIpc) is 2.94. The van der Waals surface area contributed by atoms with Gasteiger partial charge in [-0.2, -0.15) is 0 Å². The number of nitrogens with two attached hydrogens (primary N) is 1. The first-order valence-electron chi connectivity index (χ1n) is 4.60. The van der Waals surface area contributed by atoms with Crippen LogP contribution >= 0.6 is 11.6 Å². The second-order valence-corrected chi connectivity index (χ2v) is 4.06. The zero-order valence-corrected chi connectivity index (χ0v) is 8.66. The van der Waals surface area contributed by atoms with E-state index in [4.69, 9.17) is 17.3 Å². The van der Waals surface area contributed by atoms with E-state index in [0.717, 1.165) is 24.1 Å². The van der Waals surface area contributed by atoms with Crippen LogP contribution in [0.3, 0.4) is 0 Å². The summed E-state index contributed by atoms with van der Waals surface area (Å²) in [6.45, 7) is 1.79. The highest BCUT2D eigenvalue weighted by Gasteiger charge is 2.22. The number of nitrogen functional groups attached to an aromatic ring is 1. The van der Waals surface area contributed by atoms with Gasteiger partial charge in [-0.25, -0.2) is 4.39 Å². The minimum Gasteiger partial charge on any atom is -0.396 e. The van der Waals surface area contributed by atoms with Gasteiger partial charge in [-0.15, -0.1) is 0 Å². The molecular formula is C10H12ClFN2. The molecule has 14 heavy (non-hydrogen) atoms. The number of anilines is 2. The van der Waals surface area contributed by atoms with Gasteiger partial charge in [0, 0.05) is 11.7 Å². The van der Waals surface area contributed by atoms with Crippen LogP contribution in [0.5, 0.6) is 0 Å². The topological polar surface area (TPSA) is 38.0 Å². The summed E-state index contributed by atoms with van der Waals surface area (Å²) in [5.74, 6) is -0.523. The van der Waals surface area contributed by atoms with E-state index in [1.54, 1.807) is 13.0 Å². The quantitative estimate of drug-likeness (QED) is 0.743. The summed E-state index contributed by atoms with van der Waals surface area (Å²) < 4.78 is 13.2. The molecule has 0 atom stereocenters. The van der Waals surface area contributed by atoms with Crippen molar-refractivity contribution >= 4 is 23.0 Å². The lowest BCUT2D eigenvalue weighted by atomic mass is 10.1. The van der Waals surface area contributed by atoms with Gasteiger partial charge >= 0.3 is 0 Å². The van der Waals surface area contributed by atoms with E-state index in [2.05, 4.69) is 5.32 Å². The van der Waals surface area contributed by atoms with Crippen LogP contribution < -0.4 is 11.1 Å². The monoisotopic (exact) mass is 214 g/mol. The van der Waals surface area contributed by atoms with Crippen LogP contribution in [-0.4, -0.2) is 6.04 Å². The Morgan fingerprint density at radius 1 is 1.57 bits per heavy atom. The SMILES string of the molecule is Cc1c(NC2CC2)cc(N)c(F)c1Cl. The van der Waals surface area contributed by atoms with Gasteiger partial charge < -0.3 is 11.1 Å². The fraction of sp³-hybridized carbons (Fsp3) is 0.400. The standard InChI is InChI=1S/C10H12ClFN2/c1-5-8(14-6-2-3-6)4-7(13)10(12)9(5)11/h4,6,14H,2-3,13H2,1H3. The lowest BCUT2D eigenvalue weighted by molar-refractivity contribution is 0.632. The third-order valence-corrected chi connectivity index (χ3v) is 2.87. The van der Waals surface area contributed by atoms with Gasteiger partial charge in [0.2, 0.25) is 0 Å². The number of nitrogens with one attached hydrogen (secondary N) is 1. The Kier molecular flexibility index (Phi) is 2.27. The first-order valence-corrected chi connectivity index (χ1v) is 4.98. The van der Waals surface area contributed by atoms with E-state index >= 15 is 0 Å². The molecule has 0 aromatic heterocycles. The summed E-state index contributed by atoms with van der Waals surface area (Å²) in [4.78, 5) is 0. The van der Waals surface area contributed by atoms with Gasteiger partial charge in [0.05, 0.1) is 10.7 Å².